The van der Waals surface area contributed by atoms with Crippen molar-refractivity contribution in [1.29, 1.82) is 0 Å². The Hall–Kier alpha value is -2.51. The van der Waals surface area contributed by atoms with Gasteiger partial charge in [-0.25, -0.2) is 4.98 Å². The van der Waals surface area contributed by atoms with Gasteiger partial charge in [0, 0.05) is 22.2 Å². The molecule has 5 nitrogen and oxygen atoms in total. The number of benzene rings is 1. The van der Waals surface area contributed by atoms with E-state index in [0.717, 1.165) is 33.9 Å². The predicted molar refractivity (Wildman–Crippen MR) is 120 cm³/mol. The second-order valence-electron chi connectivity index (χ2n) is 6.89. The molecule has 3 aromatic rings. The highest BCUT2D eigenvalue weighted by Crippen LogP contribution is 2.31. The Morgan fingerprint density at radius 3 is 2.55 bits per heavy atom. The fraction of sp³-hybridized carbons (Fsp3) is 0.318. The molecule has 3 rings (SSSR count). The molecule has 0 bridgehead atoms. The van der Waals surface area contributed by atoms with Crippen LogP contribution >= 0.6 is 22.7 Å². The zero-order chi connectivity index (χ0) is 20.8. The normalized spacial score (nSPS) is 11.8. The largest absolute Gasteiger partial charge is 0.348 e. The van der Waals surface area contributed by atoms with Crippen molar-refractivity contribution in [1.82, 2.24) is 10.3 Å². The van der Waals surface area contributed by atoms with Gasteiger partial charge in [0.15, 0.2) is 5.13 Å². The summed E-state index contributed by atoms with van der Waals surface area (Å²) in [6, 6.07) is 11.9. The summed E-state index contributed by atoms with van der Waals surface area (Å²) in [5.74, 6) is -0.328. The maximum atomic E-state index is 12.6. The summed E-state index contributed by atoms with van der Waals surface area (Å²) in [5.41, 5.74) is 3.26. The van der Waals surface area contributed by atoms with Gasteiger partial charge in [-0.3, -0.25) is 9.59 Å². The number of anilines is 1. The van der Waals surface area contributed by atoms with Crippen LogP contribution in [0.15, 0.2) is 41.8 Å². The minimum absolute atomic E-state index is 0.157. The van der Waals surface area contributed by atoms with Crippen molar-refractivity contribution in [3.8, 4) is 11.3 Å². The van der Waals surface area contributed by atoms with Crippen molar-refractivity contribution >= 4 is 39.6 Å². The van der Waals surface area contributed by atoms with E-state index in [1.807, 2.05) is 24.4 Å². The first-order valence-electron chi connectivity index (χ1n) is 9.63. The summed E-state index contributed by atoms with van der Waals surface area (Å²) in [6.45, 7) is 5.64. The topological polar surface area (TPSA) is 71.1 Å². The molecule has 0 aliphatic carbocycles. The van der Waals surface area contributed by atoms with Crippen molar-refractivity contribution in [2.45, 2.75) is 46.1 Å². The Kier molecular flexibility index (Phi) is 7.17. The van der Waals surface area contributed by atoms with Gasteiger partial charge in [0.2, 0.25) is 11.8 Å². The van der Waals surface area contributed by atoms with E-state index in [2.05, 4.69) is 46.8 Å². The summed E-state index contributed by atoms with van der Waals surface area (Å²) in [6.07, 6.45) is 2.35. The molecule has 0 spiro atoms. The molecule has 1 atom stereocenters. The third kappa shape index (κ3) is 5.74. The van der Waals surface area contributed by atoms with Gasteiger partial charge in [-0.15, -0.1) is 22.7 Å². The van der Waals surface area contributed by atoms with Gasteiger partial charge >= 0.3 is 0 Å². The number of amides is 2. The Bertz CT molecular complexity index is 963. The number of aryl methyl sites for hydroxylation is 2. The number of rotatable bonds is 8. The van der Waals surface area contributed by atoms with Crippen molar-refractivity contribution in [2.75, 3.05) is 5.32 Å². The van der Waals surface area contributed by atoms with Crippen LogP contribution in [0.5, 0.6) is 0 Å². The Morgan fingerprint density at radius 2 is 1.93 bits per heavy atom. The van der Waals surface area contributed by atoms with Gasteiger partial charge in [-0.1, -0.05) is 43.7 Å². The molecule has 29 heavy (non-hydrogen) atoms. The Morgan fingerprint density at radius 1 is 1.17 bits per heavy atom. The molecule has 2 aromatic heterocycles. The van der Waals surface area contributed by atoms with Crippen LogP contribution in [0.25, 0.3) is 11.3 Å². The van der Waals surface area contributed by atoms with Crippen LogP contribution < -0.4 is 10.6 Å². The average Bonchev–Trinajstić information content (AvgIpc) is 3.32. The lowest BCUT2D eigenvalue weighted by Crippen LogP contribution is -2.29. The predicted octanol–water partition coefficient (Wildman–Crippen LogP) is 5.34. The summed E-state index contributed by atoms with van der Waals surface area (Å²) in [4.78, 5) is 30.7. The zero-order valence-electron chi connectivity index (χ0n) is 16.8. The van der Waals surface area contributed by atoms with Gasteiger partial charge in [0.1, 0.15) is 0 Å². The first-order valence-corrected chi connectivity index (χ1v) is 11.3. The van der Waals surface area contributed by atoms with Crippen LogP contribution in [0, 0.1) is 6.92 Å². The molecular weight excluding hydrogens is 402 g/mol. The van der Waals surface area contributed by atoms with E-state index in [4.69, 9.17) is 0 Å². The van der Waals surface area contributed by atoms with Crippen molar-refractivity contribution in [3.05, 3.63) is 57.1 Å². The molecule has 1 aromatic carbocycles. The first kappa shape index (κ1) is 21.2. The fourth-order valence-electron chi connectivity index (χ4n) is 3.15. The monoisotopic (exact) mass is 427 g/mol. The fourth-order valence-corrected chi connectivity index (χ4v) is 4.78. The quantitative estimate of drug-likeness (QED) is 0.510. The standard InChI is InChI=1S/C22H25N3O2S2/c1-4-6-16-8-10-17(11-9-16)21-14(2)29-22(25-21)24-20(27)13-18(23-15(3)26)19-7-5-12-28-19/h5,7-12,18H,4,6,13H2,1-3H3,(H,23,26)(H,24,25,27). The SMILES string of the molecule is CCCc1ccc(-c2nc(NC(=O)CC(NC(C)=O)c3cccs3)sc2C)cc1. The van der Waals surface area contributed by atoms with E-state index in [0.29, 0.717) is 5.13 Å². The molecule has 0 aliphatic rings. The van der Waals surface area contributed by atoms with Crippen molar-refractivity contribution in [2.24, 2.45) is 0 Å². The molecule has 2 amide bonds. The molecule has 1 unspecified atom stereocenters. The van der Waals surface area contributed by atoms with Crippen LogP contribution in [0.3, 0.4) is 0 Å². The number of thiophene rings is 1. The van der Waals surface area contributed by atoms with E-state index in [1.165, 1.54) is 35.2 Å². The molecule has 0 radical (unpaired) electrons. The summed E-state index contributed by atoms with van der Waals surface area (Å²) < 4.78 is 0. The molecule has 2 heterocycles. The number of aromatic nitrogens is 1. The summed E-state index contributed by atoms with van der Waals surface area (Å²) >= 11 is 2.98. The van der Waals surface area contributed by atoms with Crippen LogP contribution in [-0.4, -0.2) is 16.8 Å². The molecule has 7 heteroatoms. The minimum Gasteiger partial charge on any atom is -0.348 e. The van der Waals surface area contributed by atoms with Gasteiger partial charge in [-0.05, 0) is 30.4 Å². The second kappa shape index (κ2) is 9.80. The van der Waals surface area contributed by atoms with E-state index in [1.54, 1.807) is 0 Å². The van der Waals surface area contributed by atoms with Gasteiger partial charge < -0.3 is 10.6 Å². The number of nitrogens with zero attached hydrogens (tertiary/aromatic N) is 1. The van der Waals surface area contributed by atoms with E-state index in [-0.39, 0.29) is 24.3 Å². The first-order chi connectivity index (χ1) is 14.0. The van der Waals surface area contributed by atoms with Gasteiger partial charge in [0.05, 0.1) is 18.2 Å². The molecule has 0 saturated heterocycles. The highest BCUT2D eigenvalue weighted by Gasteiger charge is 2.19. The highest BCUT2D eigenvalue weighted by atomic mass is 32.1. The molecule has 0 saturated carbocycles. The number of thiazole rings is 1. The van der Waals surface area contributed by atoms with Gasteiger partial charge in [0.25, 0.3) is 0 Å². The lowest BCUT2D eigenvalue weighted by atomic mass is 10.1. The molecule has 0 aliphatic heterocycles. The number of carbonyl (C=O) groups is 2. The summed E-state index contributed by atoms with van der Waals surface area (Å²) in [5, 5.41) is 8.25. The molecule has 152 valence electrons. The lowest BCUT2D eigenvalue weighted by Gasteiger charge is -2.15. The highest BCUT2D eigenvalue weighted by molar-refractivity contribution is 7.16. The smallest absolute Gasteiger partial charge is 0.228 e. The maximum absolute atomic E-state index is 12.6. The third-order valence-corrected chi connectivity index (χ3v) is 6.33. The Labute approximate surface area is 179 Å². The zero-order valence-corrected chi connectivity index (χ0v) is 18.5. The minimum atomic E-state index is -0.334. The van der Waals surface area contributed by atoms with Crippen molar-refractivity contribution < 1.29 is 9.59 Å². The number of carbonyl (C=O) groups excluding carboxylic acids is 2. The number of hydrogen-bond acceptors (Lipinski definition) is 5. The van der Waals surface area contributed by atoms with E-state index < -0.39 is 0 Å². The summed E-state index contributed by atoms with van der Waals surface area (Å²) in [7, 11) is 0. The lowest BCUT2D eigenvalue weighted by molar-refractivity contribution is -0.120. The maximum Gasteiger partial charge on any atom is 0.228 e. The van der Waals surface area contributed by atoms with Crippen LogP contribution in [-0.2, 0) is 16.0 Å². The van der Waals surface area contributed by atoms with E-state index >= 15 is 0 Å². The number of hydrogen-bond donors (Lipinski definition) is 2. The third-order valence-electron chi connectivity index (χ3n) is 4.46. The average molecular weight is 428 g/mol. The molecular formula is C22H25N3O2S2. The second-order valence-corrected chi connectivity index (χ2v) is 9.07. The Balaban J connectivity index is 1.69. The van der Waals surface area contributed by atoms with Crippen LogP contribution in [0.4, 0.5) is 5.13 Å². The van der Waals surface area contributed by atoms with E-state index in [9.17, 15) is 9.59 Å². The van der Waals surface area contributed by atoms with Gasteiger partial charge in [-0.2, -0.15) is 0 Å². The van der Waals surface area contributed by atoms with Crippen LogP contribution in [0.2, 0.25) is 0 Å². The molecule has 2 N–H and O–H groups in total. The number of nitrogens with one attached hydrogen (secondary N) is 2. The van der Waals surface area contributed by atoms with Crippen molar-refractivity contribution in [3.63, 3.8) is 0 Å². The molecule has 0 fully saturated rings. The van der Waals surface area contributed by atoms with Crippen LogP contribution in [0.1, 0.15) is 48.0 Å².